The van der Waals surface area contributed by atoms with Crippen LogP contribution in [0.3, 0.4) is 0 Å². The number of carbonyl (C=O) groups is 3. The Morgan fingerprint density at radius 3 is 2.14 bits per heavy atom. The molecule has 0 aromatic rings. The fourth-order valence-electron chi connectivity index (χ4n) is 1.78. The number of aliphatic carboxylic acids is 1. The second kappa shape index (κ2) is 10.2. The van der Waals surface area contributed by atoms with Crippen molar-refractivity contribution in [3.05, 3.63) is 0 Å². The smallest absolute Gasteiger partial charge is 0.305 e. The lowest BCUT2D eigenvalue weighted by molar-refractivity contribution is -0.139. The van der Waals surface area contributed by atoms with E-state index in [0.29, 0.717) is 18.9 Å². The van der Waals surface area contributed by atoms with Gasteiger partial charge in [-0.3, -0.25) is 14.4 Å². The first-order valence-corrected chi connectivity index (χ1v) is 7.48. The van der Waals surface area contributed by atoms with Crippen LogP contribution in [-0.4, -0.2) is 47.4 Å². The number of carbonyl (C=O) groups excluding carboxylic acids is 2. The fraction of sp³-hybridized carbons (Fsp3) is 0.800. The van der Waals surface area contributed by atoms with Crippen molar-refractivity contribution in [2.45, 2.75) is 47.0 Å². The van der Waals surface area contributed by atoms with Gasteiger partial charge in [0.05, 0.1) is 13.0 Å². The summed E-state index contributed by atoms with van der Waals surface area (Å²) >= 11 is 0. The summed E-state index contributed by atoms with van der Waals surface area (Å²) in [5.41, 5.74) is 0. The maximum atomic E-state index is 12.1. The van der Waals surface area contributed by atoms with E-state index in [9.17, 15) is 14.4 Å². The second-order valence-electron chi connectivity index (χ2n) is 6.09. The monoisotopic (exact) mass is 300 g/mol. The van der Waals surface area contributed by atoms with Crippen LogP contribution < -0.4 is 5.32 Å². The van der Waals surface area contributed by atoms with E-state index in [4.69, 9.17) is 5.11 Å². The molecule has 0 radical (unpaired) electrons. The molecule has 0 rings (SSSR count). The first-order valence-electron chi connectivity index (χ1n) is 7.48. The fourth-order valence-corrected chi connectivity index (χ4v) is 1.78. The van der Waals surface area contributed by atoms with E-state index < -0.39 is 5.97 Å². The third-order valence-electron chi connectivity index (χ3n) is 2.92. The summed E-state index contributed by atoms with van der Waals surface area (Å²) in [6, 6.07) is 0. The van der Waals surface area contributed by atoms with E-state index >= 15 is 0 Å². The van der Waals surface area contributed by atoms with Gasteiger partial charge < -0.3 is 15.3 Å². The maximum Gasteiger partial charge on any atom is 0.305 e. The molecule has 0 spiro atoms. The number of nitrogens with zero attached hydrogens (tertiary/aromatic N) is 1. The third kappa shape index (κ3) is 10.8. The maximum absolute atomic E-state index is 12.1. The first-order chi connectivity index (χ1) is 9.72. The number of hydrogen-bond donors (Lipinski definition) is 2. The van der Waals surface area contributed by atoms with Crippen molar-refractivity contribution in [2.24, 2.45) is 11.8 Å². The predicted molar refractivity (Wildman–Crippen MR) is 80.8 cm³/mol. The molecule has 6 heteroatoms. The number of hydrogen-bond acceptors (Lipinski definition) is 3. The van der Waals surface area contributed by atoms with Crippen LogP contribution in [-0.2, 0) is 14.4 Å². The zero-order chi connectivity index (χ0) is 16.4. The van der Waals surface area contributed by atoms with Crippen LogP contribution in [0, 0.1) is 11.8 Å². The summed E-state index contributed by atoms with van der Waals surface area (Å²) in [5, 5.41) is 11.3. The highest BCUT2D eigenvalue weighted by Crippen LogP contribution is 2.03. The molecular formula is C15H28N2O4. The van der Waals surface area contributed by atoms with Gasteiger partial charge in [-0.2, -0.15) is 0 Å². The molecule has 6 nitrogen and oxygen atoms in total. The molecule has 0 atom stereocenters. The minimum Gasteiger partial charge on any atom is -0.481 e. The van der Waals surface area contributed by atoms with Gasteiger partial charge in [-0.15, -0.1) is 0 Å². The zero-order valence-electron chi connectivity index (χ0n) is 13.5. The SMILES string of the molecule is CC(C)CCC(=O)NCC(=O)N(CCC(=O)O)CC(C)C. The van der Waals surface area contributed by atoms with E-state index in [-0.39, 0.29) is 37.2 Å². The highest BCUT2D eigenvalue weighted by Gasteiger charge is 2.16. The summed E-state index contributed by atoms with van der Waals surface area (Å²) in [6.45, 7) is 8.60. The lowest BCUT2D eigenvalue weighted by Gasteiger charge is -2.24. The highest BCUT2D eigenvalue weighted by molar-refractivity contribution is 5.85. The molecule has 0 saturated carbocycles. The summed E-state index contributed by atoms with van der Waals surface area (Å²) in [7, 11) is 0. The van der Waals surface area contributed by atoms with Crippen molar-refractivity contribution in [3.63, 3.8) is 0 Å². The van der Waals surface area contributed by atoms with Gasteiger partial charge in [0.1, 0.15) is 0 Å². The van der Waals surface area contributed by atoms with E-state index in [0.717, 1.165) is 6.42 Å². The second-order valence-corrected chi connectivity index (χ2v) is 6.09. The topological polar surface area (TPSA) is 86.7 Å². The number of carboxylic acid groups (broad SMARTS) is 1. The lowest BCUT2D eigenvalue weighted by Crippen LogP contribution is -2.42. The largest absolute Gasteiger partial charge is 0.481 e. The molecule has 0 aliphatic carbocycles. The van der Waals surface area contributed by atoms with Crippen LogP contribution in [0.5, 0.6) is 0 Å². The van der Waals surface area contributed by atoms with Crippen molar-refractivity contribution >= 4 is 17.8 Å². The molecule has 0 heterocycles. The third-order valence-corrected chi connectivity index (χ3v) is 2.92. The zero-order valence-corrected chi connectivity index (χ0v) is 13.5. The molecule has 0 saturated heterocycles. The van der Waals surface area contributed by atoms with E-state index in [1.54, 1.807) is 0 Å². The Morgan fingerprint density at radius 1 is 1.05 bits per heavy atom. The van der Waals surface area contributed by atoms with Gasteiger partial charge in [-0.1, -0.05) is 27.7 Å². The van der Waals surface area contributed by atoms with Crippen LogP contribution in [0.25, 0.3) is 0 Å². The molecule has 2 N–H and O–H groups in total. The summed E-state index contributed by atoms with van der Waals surface area (Å²) in [6.07, 6.45) is 1.11. The van der Waals surface area contributed by atoms with E-state index in [1.165, 1.54) is 4.90 Å². The Morgan fingerprint density at radius 2 is 1.67 bits per heavy atom. The van der Waals surface area contributed by atoms with Crippen molar-refractivity contribution < 1.29 is 19.5 Å². The minimum atomic E-state index is -0.933. The molecule has 0 unspecified atom stereocenters. The van der Waals surface area contributed by atoms with E-state index in [2.05, 4.69) is 5.32 Å². The van der Waals surface area contributed by atoms with Crippen molar-refractivity contribution in [1.82, 2.24) is 10.2 Å². The number of amides is 2. The van der Waals surface area contributed by atoms with Crippen molar-refractivity contribution in [2.75, 3.05) is 19.6 Å². The number of nitrogens with one attached hydrogen (secondary N) is 1. The van der Waals surface area contributed by atoms with Gasteiger partial charge >= 0.3 is 5.97 Å². The van der Waals surface area contributed by atoms with Gasteiger partial charge in [0.25, 0.3) is 0 Å². The average molecular weight is 300 g/mol. The van der Waals surface area contributed by atoms with Gasteiger partial charge in [0, 0.05) is 19.5 Å². The van der Waals surface area contributed by atoms with Crippen LogP contribution in [0.15, 0.2) is 0 Å². The molecule has 0 aliphatic rings. The average Bonchev–Trinajstić information content (AvgIpc) is 2.37. The first kappa shape index (κ1) is 19.4. The normalized spacial score (nSPS) is 10.8. The summed E-state index contributed by atoms with van der Waals surface area (Å²) in [4.78, 5) is 35.8. The Balaban J connectivity index is 4.26. The quantitative estimate of drug-likeness (QED) is 0.640. The van der Waals surface area contributed by atoms with E-state index in [1.807, 2.05) is 27.7 Å². The highest BCUT2D eigenvalue weighted by atomic mass is 16.4. The Labute approximate surface area is 126 Å². The Bertz CT molecular complexity index is 354. The molecule has 21 heavy (non-hydrogen) atoms. The molecular weight excluding hydrogens is 272 g/mol. The van der Waals surface area contributed by atoms with Crippen LogP contribution in [0.2, 0.25) is 0 Å². The van der Waals surface area contributed by atoms with Gasteiger partial charge in [-0.05, 0) is 18.3 Å². The molecule has 0 aromatic carbocycles. The van der Waals surface area contributed by atoms with Gasteiger partial charge in [0.15, 0.2) is 0 Å². The Kier molecular flexibility index (Phi) is 9.41. The molecule has 0 aliphatic heterocycles. The molecule has 2 amide bonds. The molecule has 0 bridgehead atoms. The van der Waals surface area contributed by atoms with Gasteiger partial charge in [0.2, 0.25) is 11.8 Å². The van der Waals surface area contributed by atoms with Crippen molar-refractivity contribution in [1.29, 1.82) is 0 Å². The molecule has 122 valence electrons. The van der Waals surface area contributed by atoms with Crippen LogP contribution in [0.1, 0.15) is 47.0 Å². The number of rotatable bonds is 10. The number of carboxylic acids is 1. The predicted octanol–water partition coefficient (Wildman–Crippen LogP) is 1.50. The summed E-state index contributed by atoms with van der Waals surface area (Å²) in [5.74, 6) is -0.612. The Hall–Kier alpha value is -1.59. The molecule has 0 aromatic heterocycles. The standard InChI is InChI=1S/C15H28N2O4/c1-11(2)5-6-13(18)16-9-14(19)17(10-12(3)4)8-7-15(20)21/h11-12H,5-10H2,1-4H3,(H,16,18)(H,20,21). The van der Waals surface area contributed by atoms with Gasteiger partial charge in [-0.25, -0.2) is 0 Å². The minimum absolute atomic E-state index is 0.0662. The van der Waals surface area contributed by atoms with Crippen LogP contribution in [0.4, 0.5) is 0 Å². The van der Waals surface area contributed by atoms with Crippen molar-refractivity contribution in [3.8, 4) is 0 Å². The lowest BCUT2D eigenvalue weighted by atomic mass is 10.1. The van der Waals surface area contributed by atoms with Crippen LogP contribution >= 0.6 is 0 Å². The summed E-state index contributed by atoms with van der Waals surface area (Å²) < 4.78 is 0. The molecule has 0 fully saturated rings.